The number of nitrogens with zero attached hydrogens (tertiary/aromatic N) is 2. The number of nitrogens with two attached hydrogens (primary N) is 1. The lowest BCUT2D eigenvalue weighted by Gasteiger charge is -2.08. The molecule has 0 spiro atoms. The zero-order valence-corrected chi connectivity index (χ0v) is 12.7. The second-order valence-electron chi connectivity index (χ2n) is 4.44. The molecular formula is C15H11BrFN3O. The highest BCUT2D eigenvalue weighted by molar-refractivity contribution is 9.10. The molecule has 0 radical (unpaired) electrons. The van der Waals surface area contributed by atoms with Gasteiger partial charge in [-0.3, -0.25) is 0 Å². The smallest absolute Gasteiger partial charge is 0.165 e. The second-order valence-corrected chi connectivity index (χ2v) is 5.36. The summed E-state index contributed by atoms with van der Waals surface area (Å²) in [6.45, 7) is 0. The molecule has 106 valence electrons. The van der Waals surface area contributed by atoms with E-state index in [1.165, 1.54) is 13.2 Å². The number of methoxy groups -OCH3 is 1. The molecule has 2 aromatic carbocycles. The van der Waals surface area contributed by atoms with Gasteiger partial charge in [-0.25, -0.2) is 14.4 Å². The molecule has 3 rings (SSSR count). The molecule has 6 heteroatoms. The minimum Gasteiger partial charge on any atom is -0.497 e. The van der Waals surface area contributed by atoms with Crippen molar-refractivity contribution in [3.05, 3.63) is 46.7 Å². The number of ether oxygens (including phenoxy) is 1. The SMILES string of the molecule is COc1ccc(-c2nc(N)c3cc(Br)ccc3n2)c(F)c1. The van der Waals surface area contributed by atoms with Crippen molar-refractivity contribution in [2.75, 3.05) is 12.8 Å². The number of fused-ring (bicyclic) bond motifs is 1. The molecule has 1 aromatic heterocycles. The van der Waals surface area contributed by atoms with E-state index in [2.05, 4.69) is 25.9 Å². The third-order valence-electron chi connectivity index (χ3n) is 3.10. The summed E-state index contributed by atoms with van der Waals surface area (Å²) in [6, 6.07) is 10.0. The zero-order valence-electron chi connectivity index (χ0n) is 11.1. The van der Waals surface area contributed by atoms with Gasteiger partial charge in [0.05, 0.1) is 18.2 Å². The van der Waals surface area contributed by atoms with Crippen LogP contribution in [0.4, 0.5) is 10.2 Å². The van der Waals surface area contributed by atoms with Crippen LogP contribution in [-0.2, 0) is 0 Å². The summed E-state index contributed by atoms with van der Waals surface area (Å²) >= 11 is 3.37. The van der Waals surface area contributed by atoms with Crippen molar-refractivity contribution < 1.29 is 9.13 Å². The fraction of sp³-hybridized carbons (Fsp3) is 0.0667. The van der Waals surface area contributed by atoms with Crippen LogP contribution in [0.5, 0.6) is 5.75 Å². The van der Waals surface area contributed by atoms with Crippen molar-refractivity contribution in [1.82, 2.24) is 9.97 Å². The van der Waals surface area contributed by atoms with Gasteiger partial charge in [0.15, 0.2) is 5.82 Å². The molecule has 2 N–H and O–H groups in total. The van der Waals surface area contributed by atoms with Gasteiger partial charge in [0.1, 0.15) is 17.4 Å². The van der Waals surface area contributed by atoms with Crippen molar-refractivity contribution >= 4 is 32.7 Å². The molecule has 1 heterocycles. The molecular weight excluding hydrogens is 337 g/mol. The van der Waals surface area contributed by atoms with Crippen LogP contribution in [0.2, 0.25) is 0 Å². The fourth-order valence-corrected chi connectivity index (χ4v) is 2.41. The minimum absolute atomic E-state index is 0.252. The van der Waals surface area contributed by atoms with E-state index in [0.29, 0.717) is 17.1 Å². The first kappa shape index (κ1) is 13.8. The molecule has 0 unspecified atom stereocenters. The van der Waals surface area contributed by atoms with Gasteiger partial charge in [-0.05, 0) is 30.3 Å². The maximum atomic E-state index is 14.1. The van der Waals surface area contributed by atoms with E-state index < -0.39 is 5.82 Å². The van der Waals surface area contributed by atoms with E-state index in [4.69, 9.17) is 10.5 Å². The molecule has 0 aliphatic carbocycles. The monoisotopic (exact) mass is 347 g/mol. The summed E-state index contributed by atoms with van der Waals surface area (Å²) in [7, 11) is 1.48. The van der Waals surface area contributed by atoms with Crippen LogP contribution in [0.3, 0.4) is 0 Å². The number of anilines is 1. The van der Waals surface area contributed by atoms with Gasteiger partial charge in [-0.15, -0.1) is 0 Å². The van der Waals surface area contributed by atoms with Gasteiger partial charge >= 0.3 is 0 Å². The summed E-state index contributed by atoms with van der Waals surface area (Å²) in [4.78, 5) is 8.57. The number of aromatic nitrogens is 2. The number of hydrogen-bond donors (Lipinski definition) is 1. The Labute approximate surface area is 128 Å². The Kier molecular flexibility index (Phi) is 3.47. The molecule has 0 amide bonds. The van der Waals surface area contributed by atoms with Crippen LogP contribution in [-0.4, -0.2) is 17.1 Å². The Morgan fingerprint density at radius 3 is 2.67 bits per heavy atom. The first-order valence-electron chi connectivity index (χ1n) is 6.15. The molecule has 0 fully saturated rings. The van der Waals surface area contributed by atoms with Gasteiger partial charge in [0.25, 0.3) is 0 Å². The fourth-order valence-electron chi connectivity index (χ4n) is 2.05. The van der Waals surface area contributed by atoms with E-state index in [-0.39, 0.29) is 11.4 Å². The standard InChI is InChI=1S/C15H11BrFN3O/c1-21-9-3-4-10(12(17)7-9)15-19-13-5-2-8(16)6-11(13)14(18)20-15/h2-7H,1H3,(H2,18,19,20). The molecule has 0 bridgehead atoms. The topological polar surface area (TPSA) is 61.0 Å². The Hall–Kier alpha value is -2.21. The average molecular weight is 348 g/mol. The summed E-state index contributed by atoms with van der Waals surface area (Å²) < 4.78 is 20.0. The lowest BCUT2D eigenvalue weighted by atomic mass is 10.1. The highest BCUT2D eigenvalue weighted by Crippen LogP contribution is 2.28. The Morgan fingerprint density at radius 1 is 1.14 bits per heavy atom. The lowest BCUT2D eigenvalue weighted by molar-refractivity contribution is 0.411. The molecule has 0 aliphatic rings. The largest absolute Gasteiger partial charge is 0.497 e. The highest BCUT2D eigenvalue weighted by Gasteiger charge is 2.12. The van der Waals surface area contributed by atoms with E-state index >= 15 is 0 Å². The number of benzene rings is 2. The van der Waals surface area contributed by atoms with E-state index in [1.54, 1.807) is 12.1 Å². The van der Waals surface area contributed by atoms with Crippen LogP contribution in [0.15, 0.2) is 40.9 Å². The number of halogens is 2. The third kappa shape index (κ3) is 2.54. The van der Waals surface area contributed by atoms with Crippen LogP contribution in [0.1, 0.15) is 0 Å². The van der Waals surface area contributed by atoms with Crippen molar-refractivity contribution in [1.29, 1.82) is 0 Å². The summed E-state index contributed by atoms with van der Waals surface area (Å²) in [5.74, 6) is 0.549. The quantitative estimate of drug-likeness (QED) is 0.766. The average Bonchev–Trinajstić information content (AvgIpc) is 2.47. The van der Waals surface area contributed by atoms with Crippen molar-refractivity contribution in [2.24, 2.45) is 0 Å². The third-order valence-corrected chi connectivity index (χ3v) is 3.60. The maximum absolute atomic E-state index is 14.1. The molecule has 21 heavy (non-hydrogen) atoms. The second kappa shape index (κ2) is 5.29. The summed E-state index contributed by atoms with van der Waals surface area (Å²) in [5.41, 5.74) is 6.90. The van der Waals surface area contributed by atoms with Gasteiger partial charge < -0.3 is 10.5 Å². The predicted octanol–water partition coefficient (Wildman–Crippen LogP) is 3.79. The van der Waals surface area contributed by atoms with E-state index in [1.807, 2.05) is 18.2 Å². The Bertz CT molecular complexity index is 839. The van der Waals surface area contributed by atoms with Crippen molar-refractivity contribution in [2.45, 2.75) is 0 Å². The number of nitrogen functional groups attached to an aromatic ring is 1. The minimum atomic E-state index is -0.454. The van der Waals surface area contributed by atoms with E-state index in [0.717, 1.165) is 9.86 Å². The molecule has 0 saturated carbocycles. The Balaban J connectivity index is 2.19. The van der Waals surface area contributed by atoms with Gasteiger partial charge in [0.2, 0.25) is 0 Å². The van der Waals surface area contributed by atoms with Crippen LogP contribution in [0, 0.1) is 5.82 Å². The van der Waals surface area contributed by atoms with Gasteiger partial charge in [-0.1, -0.05) is 15.9 Å². The van der Waals surface area contributed by atoms with Crippen LogP contribution >= 0.6 is 15.9 Å². The maximum Gasteiger partial charge on any atom is 0.165 e. The molecule has 0 atom stereocenters. The summed E-state index contributed by atoms with van der Waals surface area (Å²) in [5, 5.41) is 0.724. The molecule has 3 aromatic rings. The Morgan fingerprint density at radius 2 is 1.95 bits per heavy atom. The molecule has 0 saturated heterocycles. The summed E-state index contributed by atoms with van der Waals surface area (Å²) in [6.07, 6.45) is 0. The number of hydrogen-bond acceptors (Lipinski definition) is 4. The van der Waals surface area contributed by atoms with Gasteiger partial charge in [0, 0.05) is 15.9 Å². The normalized spacial score (nSPS) is 10.8. The lowest BCUT2D eigenvalue weighted by Crippen LogP contribution is -1.99. The molecule has 4 nitrogen and oxygen atoms in total. The highest BCUT2D eigenvalue weighted by atomic mass is 79.9. The van der Waals surface area contributed by atoms with Crippen molar-refractivity contribution in [3.8, 4) is 17.1 Å². The van der Waals surface area contributed by atoms with Crippen LogP contribution < -0.4 is 10.5 Å². The van der Waals surface area contributed by atoms with Crippen LogP contribution in [0.25, 0.3) is 22.3 Å². The predicted molar refractivity (Wildman–Crippen MR) is 83.6 cm³/mol. The molecule has 0 aliphatic heterocycles. The first-order chi connectivity index (χ1) is 10.1. The van der Waals surface area contributed by atoms with Crippen molar-refractivity contribution in [3.63, 3.8) is 0 Å². The zero-order chi connectivity index (χ0) is 15.0. The van der Waals surface area contributed by atoms with E-state index in [9.17, 15) is 4.39 Å². The van der Waals surface area contributed by atoms with Gasteiger partial charge in [-0.2, -0.15) is 0 Å². The first-order valence-corrected chi connectivity index (χ1v) is 6.94. The number of rotatable bonds is 2.